The molecule has 0 atom stereocenters. The molecule has 0 amide bonds. The zero-order valence-electron chi connectivity index (χ0n) is 25.6. The average molecular weight is 545 g/mol. The normalized spacial score (nSPS) is 12.2. The van der Waals surface area contributed by atoms with E-state index in [1.54, 1.807) is 0 Å². The zero-order valence-corrected chi connectivity index (χ0v) is 26.3. The molecule has 0 rings (SSSR count). The average Bonchev–Trinajstić information content (AvgIpc) is 2.89. The molecule has 0 fully saturated rings. The Morgan fingerprint density at radius 2 is 0.568 bits per heavy atom. The molecule has 0 aliphatic carbocycles. The van der Waals surface area contributed by atoms with E-state index < -0.39 is 11.2 Å². The van der Waals surface area contributed by atoms with Crippen molar-refractivity contribution >= 4 is 11.6 Å². The Hall–Kier alpha value is 0.210. The van der Waals surface area contributed by atoms with Crippen molar-refractivity contribution in [1.82, 2.24) is 0 Å². The van der Waals surface area contributed by atoms with Crippen molar-refractivity contribution in [2.45, 2.75) is 218 Å². The minimum Gasteiger partial charge on any atom is -0.367 e. The third-order valence-corrected chi connectivity index (χ3v) is 8.93. The molecule has 0 aromatic rings. The van der Waals surface area contributed by atoms with E-state index in [-0.39, 0.29) is 0 Å². The van der Waals surface area contributed by atoms with Gasteiger partial charge in [-0.3, -0.25) is 0 Å². The molecule has 0 spiro atoms. The van der Waals surface area contributed by atoms with Crippen LogP contribution in [0.25, 0.3) is 0 Å². The van der Waals surface area contributed by atoms with E-state index in [4.69, 9.17) is 11.6 Å². The molecule has 0 aromatic carbocycles. The number of rotatable bonds is 31. The number of hydrogen-bond acceptors (Lipinski definition) is 2. The van der Waals surface area contributed by atoms with Gasteiger partial charge in [0.05, 0.1) is 4.87 Å². The molecule has 0 aromatic heterocycles. The van der Waals surface area contributed by atoms with E-state index in [1.165, 1.54) is 154 Å². The highest BCUT2D eigenvalue weighted by Crippen LogP contribution is 2.32. The van der Waals surface area contributed by atoms with Gasteiger partial charge in [0.25, 0.3) is 0 Å². The van der Waals surface area contributed by atoms with Crippen LogP contribution in [0.5, 0.6) is 0 Å². The molecule has 0 aliphatic heterocycles. The molecular formula is C34H69ClO2. The van der Waals surface area contributed by atoms with Gasteiger partial charge in [-0.2, -0.15) is 0 Å². The monoisotopic (exact) mass is 544 g/mol. The Kier molecular flexibility index (Phi) is 29.4. The zero-order chi connectivity index (χ0) is 27.3. The molecule has 0 unspecified atom stereocenters. The van der Waals surface area contributed by atoms with Crippen LogP contribution in [0.15, 0.2) is 0 Å². The summed E-state index contributed by atoms with van der Waals surface area (Å²) in [5.74, 6) is 0. The Labute approximate surface area is 239 Å². The van der Waals surface area contributed by atoms with Crippen LogP contribution < -0.4 is 0 Å². The summed E-state index contributed by atoms with van der Waals surface area (Å²) in [7, 11) is 0. The molecule has 0 saturated carbocycles. The molecule has 3 heteroatoms. The summed E-state index contributed by atoms with van der Waals surface area (Å²) in [6.45, 7) is 4.56. The van der Waals surface area contributed by atoms with Crippen molar-refractivity contribution in [3.05, 3.63) is 0 Å². The Morgan fingerprint density at radius 1 is 0.378 bits per heavy atom. The van der Waals surface area contributed by atoms with Crippen LogP contribution in [0.3, 0.4) is 0 Å². The van der Waals surface area contributed by atoms with Crippen LogP contribution in [-0.4, -0.2) is 21.4 Å². The first-order chi connectivity index (χ1) is 18.1. The van der Waals surface area contributed by atoms with Crippen molar-refractivity contribution in [1.29, 1.82) is 0 Å². The second-order valence-corrected chi connectivity index (χ2v) is 12.9. The van der Waals surface area contributed by atoms with Gasteiger partial charge in [0, 0.05) is 0 Å². The fourth-order valence-electron chi connectivity index (χ4n) is 5.61. The third-order valence-electron chi connectivity index (χ3n) is 8.35. The summed E-state index contributed by atoms with van der Waals surface area (Å²) >= 11 is 6.68. The highest BCUT2D eigenvalue weighted by Gasteiger charge is 2.33. The van der Waals surface area contributed by atoms with Gasteiger partial charge in [0.15, 0.2) is 6.29 Å². The fraction of sp³-hybridized carbons (Fsp3) is 1.00. The smallest absolute Gasteiger partial charge is 0.170 e. The van der Waals surface area contributed by atoms with E-state index in [0.29, 0.717) is 0 Å². The first-order valence-electron chi connectivity index (χ1n) is 17.1. The molecular weight excluding hydrogens is 476 g/mol. The summed E-state index contributed by atoms with van der Waals surface area (Å²) < 4.78 is 0. The van der Waals surface area contributed by atoms with Gasteiger partial charge in [-0.1, -0.05) is 194 Å². The Bertz CT molecular complexity index is 394. The topological polar surface area (TPSA) is 40.5 Å². The minimum atomic E-state index is -1.40. The number of halogens is 1. The lowest BCUT2D eigenvalue weighted by Crippen LogP contribution is -2.36. The fourth-order valence-corrected chi connectivity index (χ4v) is 5.88. The first-order valence-corrected chi connectivity index (χ1v) is 17.5. The van der Waals surface area contributed by atoms with Crippen molar-refractivity contribution in [3.8, 4) is 0 Å². The standard InChI is InChI=1S/C34H69ClO2/c1-3-5-7-9-11-13-15-17-19-21-23-25-27-29-31-34(35,33(36)37)32-30-28-26-24-22-20-18-16-14-12-10-8-6-4-2/h33,36-37H,3-32H2,1-2H3. The molecule has 37 heavy (non-hydrogen) atoms. The first kappa shape index (κ1) is 37.2. The van der Waals surface area contributed by atoms with Crippen molar-refractivity contribution in [2.24, 2.45) is 0 Å². The van der Waals surface area contributed by atoms with Crippen LogP contribution in [0, 0.1) is 0 Å². The molecule has 0 aliphatic rings. The van der Waals surface area contributed by atoms with Gasteiger partial charge in [0.2, 0.25) is 0 Å². The second-order valence-electron chi connectivity index (χ2n) is 12.1. The summed E-state index contributed by atoms with van der Waals surface area (Å²) in [4.78, 5) is -0.839. The summed E-state index contributed by atoms with van der Waals surface area (Å²) in [5, 5.41) is 19.8. The maximum absolute atomic E-state index is 9.90. The summed E-state index contributed by atoms with van der Waals surface area (Å²) in [6.07, 6.45) is 37.5. The quantitative estimate of drug-likeness (QED) is 0.0517. The SMILES string of the molecule is CCCCCCCCCCCCCCCCC(Cl)(CCCCCCCCCCCCCCCC)C(O)O. The van der Waals surface area contributed by atoms with Gasteiger partial charge in [-0.15, -0.1) is 11.6 Å². The predicted octanol–water partition coefficient (Wildman–Crippen LogP) is 12.0. The maximum Gasteiger partial charge on any atom is 0.170 e. The van der Waals surface area contributed by atoms with Gasteiger partial charge >= 0.3 is 0 Å². The van der Waals surface area contributed by atoms with Crippen molar-refractivity contribution in [2.75, 3.05) is 0 Å². The Morgan fingerprint density at radius 3 is 0.757 bits per heavy atom. The second kappa shape index (κ2) is 29.2. The lowest BCUT2D eigenvalue weighted by Gasteiger charge is -2.29. The van der Waals surface area contributed by atoms with E-state index in [9.17, 15) is 10.2 Å². The van der Waals surface area contributed by atoms with Crippen LogP contribution >= 0.6 is 11.6 Å². The molecule has 0 radical (unpaired) electrons. The van der Waals surface area contributed by atoms with Gasteiger partial charge in [-0.25, -0.2) is 0 Å². The number of aliphatic hydroxyl groups excluding tert-OH is 1. The van der Waals surface area contributed by atoms with Gasteiger partial charge < -0.3 is 10.2 Å². The van der Waals surface area contributed by atoms with Crippen LogP contribution in [-0.2, 0) is 0 Å². The van der Waals surface area contributed by atoms with Crippen molar-refractivity contribution < 1.29 is 10.2 Å². The summed E-state index contributed by atoms with van der Waals surface area (Å²) in [5.41, 5.74) is 0. The molecule has 0 heterocycles. The number of aliphatic hydroxyl groups is 2. The maximum atomic E-state index is 9.90. The number of hydrogen-bond donors (Lipinski definition) is 2. The number of unbranched alkanes of at least 4 members (excludes halogenated alkanes) is 26. The highest BCUT2D eigenvalue weighted by atomic mass is 35.5. The van der Waals surface area contributed by atoms with Gasteiger partial charge in [-0.05, 0) is 12.8 Å². The van der Waals surface area contributed by atoms with E-state index in [2.05, 4.69) is 13.8 Å². The van der Waals surface area contributed by atoms with E-state index in [0.717, 1.165) is 38.5 Å². The van der Waals surface area contributed by atoms with E-state index in [1.807, 2.05) is 0 Å². The van der Waals surface area contributed by atoms with Crippen LogP contribution in [0.1, 0.15) is 206 Å². The molecule has 0 bridgehead atoms. The number of alkyl halides is 1. The largest absolute Gasteiger partial charge is 0.367 e. The summed E-state index contributed by atoms with van der Waals surface area (Å²) in [6, 6.07) is 0. The lowest BCUT2D eigenvalue weighted by atomic mass is 9.92. The highest BCUT2D eigenvalue weighted by molar-refractivity contribution is 6.24. The molecule has 224 valence electrons. The van der Waals surface area contributed by atoms with Crippen LogP contribution in [0.2, 0.25) is 0 Å². The van der Waals surface area contributed by atoms with E-state index >= 15 is 0 Å². The molecule has 0 saturated heterocycles. The third kappa shape index (κ3) is 26.2. The van der Waals surface area contributed by atoms with Crippen LogP contribution in [0.4, 0.5) is 0 Å². The lowest BCUT2D eigenvalue weighted by molar-refractivity contribution is -0.0770. The van der Waals surface area contributed by atoms with Gasteiger partial charge in [0.1, 0.15) is 0 Å². The predicted molar refractivity (Wildman–Crippen MR) is 167 cm³/mol. The minimum absolute atomic E-state index is 0.725. The molecule has 2 N–H and O–H groups in total. The molecule has 2 nitrogen and oxygen atoms in total. The van der Waals surface area contributed by atoms with Crippen molar-refractivity contribution in [3.63, 3.8) is 0 Å². The Balaban J connectivity index is 3.54.